The van der Waals surface area contributed by atoms with Gasteiger partial charge in [0, 0.05) is 31.8 Å². The van der Waals surface area contributed by atoms with Crippen molar-refractivity contribution in [3.63, 3.8) is 0 Å². The summed E-state index contributed by atoms with van der Waals surface area (Å²) in [5.41, 5.74) is 3.16. The molecule has 146 valence electrons. The normalized spacial score (nSPS) is 12.0. The summed E-state index contributed by atoms with van der Waals surface area (Å²) in [6, 6.07) is 22.2. The first-order valence-electron chi connectivity index (χ1n) is 9.02. The van der Waals surface area contributed by atoms with Crippen molar-refractivity contribution in [1.29, 1.82) is 0 Å². The molecule has 4 rings (SSSR count). The molecule has 1 amide bonds. The van der Waals surface area contributed by atoms with Crippen molar-refractivity contribution in [3.8, 4) is 5.75 Å². The number of fused-ring (bicyclic) bond motifs is 1. The summed E-state index contributed by atoms with van der Waals surface area (Å²) < 4.78 is 6.39. The molecular formula is C23H18BrClN2O2. The van der Waals surface area contributed by atoms with Gasteiger partial charge in [-0.15, -0.1) is 0 Å². The molecule has 1 atom stereocenters. The quantitative estimate of drug-likeness (QED) is 0.370. The lowest BCUT2D eigenvalue weighted by Gasteiger charge is -2.21. The summed E-state index contributed by atoms with van der Waals surface area (Å²) in [5.74, 6) is 0.449. The van der Waals surface area contributed by atoms with Crippen molar-refractivity contribution in [1.82, 2.24) is 10.3 Å². The molecule has 0 aliphatic rings. The summed E-state index contributed by atoms with van der Waals surface area (Å²) in [5, 5.41) is 4.75. The van der Waals surface area contributed by atoms with Gasteiger partial charge in [0.1, 0.15) is 5.75 Å². The summed E-state index contributed by atoms with van der Waals surface area (Å²) in [6.45, 7) is 0. The number of H-pyrrole nitrogens is 1. The predicted molar refractivity (Wildman–Crippen MR) is 120 cm³/mol. The van der Waals surface area contributed by atoms with Crippen LogP contribution in [-0.2, 0) is 0 Å². The van der Waals surface area contributed by atoms with Crippen LogP contribution in [0.5, 0.6) is 5.75 Å². The number of ether oxygens (including phenoxy) is 1. The molecule has 0 unspecified atom stereocenters. The van der Waals surface area contributed by atoms with Crippen molar-refractivity contribution in [2.45, 2.75) is 6.04 Å². The number of para-hydroxylation sites is 1. The number of rotatable bonds is 5. The molecule has 0 aliphatic carbocycles. The van der Waals surface area contributed by atoms with Gasteiger partial charge < -0.3 is 15.0 Å². The Bertz CT molecular complexity index is 1160. The Morgan fingerprint density at radius 1 is 1.07 bits per heavy atom. The fourth-order valence-electron chi connectivity index (χ4n) is 3.35. The third-order valence-electron chi connectivity index (χ3n) is 4.73. The second-order valence-electron chi connectivity index (χ2n) is 6.62. The Labute approximate surface area is 182 Å². The molecule has 1 heterocycles. The number of carbonyl (C=O) groups excluding carboxylic acids is 1. The average Bonchev–Trinajstić information content (AvgIpc) is 3.15. The largest absolute Gasteiger partial charge is 0.496 e. The minimum atomic E-state index is -0.470. The van der Waals surface area contributed by atoms with Crippen LogP contribution in [0.15, 0.2) is 77.3 Å². The van der Waals surface area contributed by atoms with Crippen molar-refractivity contribution >= 4 is 44.3 Å². The molecule has 0 fully saturated rings. The number of halogens is 2. The van der Waals surface area contributed by atoms with Gasteiger partial charge in [-0.25, -0.2) is 0 Å². The molecule has 0 bridgehead atoms. The monoisotopic (exact) mass is 468 g/mol. The number of aromatic amines is 1. The zero-order chi connectivity index (χ0) is 20.4. The molecule has 0 saturated heterocycles. The molecule has 2 N–H and O–H groups in total. The molecule has 0 aliphatic heterocycles. The second-order valence-corrected chi connectivity index (χ2v) is 7.97. The Kier molecular flexibility index (Phi) is 5.60. The van der Waals surface area contributed by atoms with E-state index in [0.29, 0.717) is 16.3 Å². The van der Waals surface area contributed by atoms with E-state index in [1.54, 1.807) is 31.4 Å². The van der Waals surface area contributed by atoms with Gasteiger partial charge in [-0.05, 0) is 53.9 Å². The van der Waals surface area contributed by atoms with Crippen molar-refractivity contribution in [2.75, 3.05) is 7.11 Å². The van der Waals surface area contributed by atoms with Gasteiger partial charge in [0.15, 0.2) is 0 Å². The van der Waals surface area contributed by atoms with E-state index in [1.807, 2.05) is 48.5 Å². The zero-order valence-electron chi connectivity index (χ0n) is 15.6. The number of aromatic nitrogens is 1. The molecule has 0 radical (unpaired) electrons. The first-order chi connectivity index (χ1) is 14.0. The van der Waals surface area contributed by atoms with Gasteiger partial charge in [0.2, 0.25) is 0 Å². The molecule has 0 spiro atoms. The van der Waals surface area contributed by atoms with Gasteiger partial charge in [0.25, 0.3) is 5.91 Å². The van der Waals surface area contributed by atoms with Crippen molar-refractivity contribution in [3.05, 3.63) is 99.1 Å². The number of nitrogens with one attached hydrogen (secondary N) is 2. The van der Waals surface area contributed by atoms with Crippen LogP contribution in [0, 0.1) is 0 Å². The lowest BCUT2D eigenvalue weighted by atomic mass is 10.0. The molecule has 6 heteroatoms. The fourth-order valence-corrected chi connectivity index (χ4v) is 3.93. The standard InChI is InChI=1S/C23H18BrClN2O2/c1-29-21-10-9-17(25)13-18(21)22(20-12-14-5-2-3-8-19(14)26-20)27-23(28)15-6-4-7-16(24)11-15/h2-13,22,26H,1H3,(H,27,28)/t22-/m1/s1. The summed E-state index contributed by atoms with van der Waals surface area (Å²) in [4.78, 5) is 16.4. The molecular weight excluding hydrogens is 452 g/mol. The lowest BCUT2D eigenvalue weighted by molar-refractivity contribution is 0.0942. The summed E-state index contributed by atoms with van der Waals surface area (Å²) in [6.07, 6.45) is 0. The fraction of sp³-hybridized carbons (Fsp3) is 0.0870. The molecule has 1 aromatic heterocycles. The lowest BCUT2D eigenvalue weighted by Crippen LogP contribution is -2.30. The van der Waals surface area contributed by atoms with Crippen LogP contribution in [0.2, 0.25) is 5.02 Å². The highest BCUT2D eigenvalue weighted by Gasteiger charge is 2.23. The van der Waals surface area contributed by atoms with E-state index in [2.05, 4.69) is 26.2 Å². The zero-order valence-corrected chi connectivity index (χ0v) is 17.9. The first kappa shape index (κ1) is 19.6. The average molecular weight is 470 g/mol. The van der Waals surface area contributed by atoms with Gasteiger partial charge in [-0.2, -0.15) is 0 Å². The Balaban J connectivity index is 1.81. The number of hydrogen-bond donors (Lipinski definition) is 2. The molecule has 4 aromatic rings. The van der Waals surface area contributed by atoms with E-state index in [1.165, 1.54) is 0 Å². The highest BCUT2D eigenvalue weighted by atomic mass is 79.9. The van der Waals surface area contributed by atoms with Crippen LogP contribution in [-0.4, -0.2) is 18.0 Å². The maximum atomic E-state index is 13.0. The number of hydrogen-bond acceptors (Lipinski definition) is 2. The molecule has 3 aromatic carbocycles. The minimum Gasteiger partial charge on any atom is -0.496 e. The Hall–Kier alpha value is -2.76. The van der Waals surface area contributed by atoms with Crippen LogP contribution in [0.1, 0.15) is 27.7 Å². The van der Waals surface area contributed by atoms with E-state index < -0.39 is 6.04 Å². The third-order valence-corrected chi connectivity index (χ3v) is 5.46. The minimum absolute atomic E-state index is 0.197. The molecule has 0 saturated carbocycles. The van der Waals surface area contributed by atoms with E-state index >= 15 is 0 Å². The predicted octanol–water partition coefficient (Wildman–Crippen LogP) is 6.11. The maximum Gasteiger partial charge on any atom is 0.252 e. The van der Waals surface area contributed by atoms with E-state index in [0.717, 1.165) is 26.6 Å². The van der Waals surface area contributed by atoms with Crippen LogP contribution < -0.4 is 10.1 Å². The van der Waals surface area contributed by atoms with E-state index in [9.17, 15) is 4.79 Å². The van der Waals surface area contributed by atoms with Crippen LogP contribution in [0.3, 0.4) is 0 Å². The molecule has 29 heavy (non-hydrogen) atoms. The van der Waals surface area contributed by atoms with E-state index in [-0.39, 0.29) is 5.91 Å². The molecule has 4 nitrogen and oxygen atoms in total. The first-order valence-corrected chi connectivity index (χ1v) is 10.2. The highest BCUT2D eigenvalue weighted by Crippen LogP contribution is 2.33. The van der Waals surface area contributed by atoms with Crippen LogP contribution >= 0.6 is 27.5 Å². The third kappa shape index (κ3) is 4.16. The summed E-state index contributed by atoms with van der Waals surface area (Å²) >= 11 is 9.69. The maximum absolute atomic E-state index is 13.0. The highest BCUT2D eigenvalue weighted by molar-refractivity contribution is 9.10. The van der Waals surface area contributed by atoms with E-state index in [4.69, 9.17) is 16.3 Å². The number of methoxy groups -OCH3 is 1. The van der Waals surface area contributed by atoms with Gasteiger partial charge in [-0.3, -0.25) is 4.79 Å². The smallest absolute Gasteiger partial charge is 0.252 e. The Morgan fingerprint density at radius 2 is 1.90 bits per heavy atom. The van der Waals surface area contributed by atoms with Crippen LogP contribution in [0.4, 0.5) is 0 Å². The van der Waals surface area contributed by atoms with Crippen molar-refractivity contribution < 1.29 is 9.53 Å². The number of amides is 1. The van der Waals surface area contributed by atoms with Gasteiger partial charge in [-0.1, -0.05) is 51.8 Å². The van der Waals surface area contributed by atoms with Gasteiger partial charge in [0.05, 0.1) is 13.2 Å². The Morgan fingerprint density at radius 3 is 2.66 bits per heavy atom. The second kappa shape index (κ2) is 8.31. The topological polar surface area (TPSA) is 54.1 Å². The SMILES string of the molecule is COc1ccc(Cl)cc1[C@@H](NC(=O)c1cccc(Br)c1)c1cc2ccccc2[nH]1. The van der Waals surface area contributed by atoms with Crippen LogP contribution in [0.25, 0.3) is 10.9 Å². The number of benzene rings is 3. The van der Waals surface area contributed by atoms with Crippen molar-refractivity contribution in [2.24, 2.45) is 0 Å². The summed E-state index contributed by atoms with van der Waals surface area (Å²) in [7, 11) is 1.60. The number of carbonyl (C=O) groups is 1. The van der Waals surface area contributed by atoms with Gasteiger partial charge >= 0.3 is 0 Å².